The fraction of sp³-hybridized carbons (Fsp3) is 0.500. The van der Waals surface area contributed by atoms with E-state index < -0.39 is 0 Å². The summed E-state index contributed by atoms with van der Waals surface area (Å²) in [7, 11) is 0. The van der Waals surface area contributed by atoms with Crippen LogP contribution >= 0.6 is 0 Å². The average molecular weight is 232 g/mol. The van der Waals surface area contributed by atoms with E-state index in [1.54, 1.807) is 0 Å². The molecule has 0 aromatic heterocycles. The van der Waals surface area contributed by atoms with Gasteiger partial charge in [0.2, 0.25) is 5.91 Å². The Kier molecular flexibility index (Phi) is 3.48. The summed E-state index contributed by atoms with van der Waals surface area (Å²) in [4.78, 5) is 10.6. The number of benzene rings is 1. The summed E-state index contributed by atoms with van der Waals surface area (Å²) in [6.45, 7) is 3.25. The normalized spacial score (nSPS) is 16.8. The van der Waals surface area contributed by atoms with Gasteiger partial charge in [-0.3, -0.25) is 4.79 Å². The SMILES string of the molecule is Cc1ccc(C2(CCNCC(N)=O)CC2)cc1. The third-order valence-corrected chi connectivity index (χ3v) is 3.60. The van der Waals surface area contributed by atoms with Crippen molar-refractivity contribution in [1.29, 1.82) is 0 Å². The molecule has 92 valence electrons. The van der Waals surface area contributed by atoms with Crippen molar-refractivity contribution in [2.24, 2.45) is 5.73 Å². The predicted octanol–water partition coefficient (Wildman–Crippen LogP) is 1.49. The Hall–Kier alpha value is -1.35. The van der Waals surface area contributed by atoms with Gasteiger partial charge in [0.15, 0.2) is 0 Å². The molecule has 0 bridgehead atoms. The molecular weight excluding hydrogens is 212 g/mol. The maximum absolute atomic E-state index is 10.6. The van der Waals surface area contributed by atoms with Crippen molar-refractivity contribution < 1.29 is 4.79 Å². The van der Waals surface area contributed by atoms with Crippen molar-refractivity contribution in [3.63, 3.8) is 0 Å². The average Bonchev–Trinajstić information content (AvgIpc) is 3.06. The highest BCUT2D eigenvalue weighted by Gasteiger charge is 2.43. The Labute approximate surface area is 102 Å². The van der Waals surface area contributed by atoms with Crippen molar-refractivity contribution in [3.8, 4) is 0 Å². The summed E-state index contributed by atoms with van der Waals surface area (Å²) in [5.74, 6) is -0.287. The lowest BCUT2D eigenvalue weighted by atomic mass is 9.92. The Balaban J connectivity index is 1.87. The van der Waals surface area contributed by atoms with Crippen LogP contribution in [-0.2, 0) is 10.2 Å². The van der Waals surface area contributed by atoms with Gasteiger partial charge in [0, 0.05) is 0 Å². The molecule has 0 unspecified atom stereocenters. The van der Waals surface area contributed by atoms with Gasteiger partial charge >= 0.3 is 0 Å². The van der Waals surface area contributed by atoms with Gasteiger partial charge in [-0.15, -0.1) is 0 Å². The smallest absolute Gasteiger partial charge is 0.231 e. The molecule has 3 N–H and O–H groups in total. The van der Waals surface area contributed by atoms with E-state index in [-0.39, 0.29) is 12.5 Å². The number of carbonyl (C=O) groups excluding carboxylic acids is 1. The molecule has 1 saturated carbocycles. The van der Waals surface area contributed by atoms with Crippen molar-refractivity contribution in [1.82, 2.24) is 5.32 Å². The first kappa shape index (κ1) is 12.1. The molecular formula is C14H20N2O. The van der Waals surface area contributed by atoms with Gasteiger partial charge in [0.05, 0.1) is 6.54 Å². The quantitative estimate of drug-likeness (QED) is 0.730. The Morgan fingerprint density at radius 2 is 2.00 bits per heavy atom. The first-order chi connectivity index (χ1) is 8.12. The molecule has 0 spiro atoms. The molecule has 0 saturated heterocycles. The minimum atomic E-state index is -0.287. The topological polar surface area (TPSA) is 55.1 Å². The first-order valence-electron chi connectivity index (χ1n) is 6.19. The van der Waals surface area contributed by atoms with Crippen LogP contribution in [0, 0.1) is 6.92 Å². The number of carbonyl (C=O) groups is 1. The number of rotatable bonds is 6. The summed E-state index contributed by atoms with van der Waals surface area (Å²) in [6.07, 6.45) is 3.60. The number of hydrogen-bond donors (Lipinski definition) is 2. The Morgan fingerprint density at radius 3 is 2.53 bits per heavy atom. The second kappa shape index (κ2) is 4.88. The lowest BCUT2D eigenvalue weighted by molar-refractivity contribution is -0.117. The minimum Gasteiger partial charge on any atom is -0.369 e. The maximum Gasteiger partial charge on any atom is 0.231 e. The van der Waals surface area contributed by atoms with E-state index in [2.05, 4.69) is 36.5 Å². The van der Waals surface area contributed by atoms with Crippen LogP contribution in [0.2, 0.25) is 0 Å². The fourth-order valence-electron chi connectivity index (χ4n) is 2.28. The summed E-state index contributed by atoms with van der Waals surface area (Å²) in [5, 5.41) is 3.09. The number of primary amides is 1. The molecule has 2 rings (SSSR count). The number of amides is 1. The van der Waals surface area contributed by atoms with Crippen molar-refractivity contribution in [2.75, 3.05) is 13.1 Å². The highest BCUT2D eigenvalue weighted by Crippen LogP contribution is 2.50. The number of hydrogen-bond acceptors (Lipinski definition) is 2. The van der Waals surface area contributed by atoms with Crippen LogP contribution in [0.15, 0.2) is 24.3 Å². The van der Waals surface area contributed by atoms with Crippen LogP contribution in [0.4, 0.5) is 0 Å². The van der Waals surface area contributed by atoms with Crippen LogP contribution in [0.25, 0.3) is 0 Å². The predicted molar refractivity (Wildman–Crippen MR) is 68.8 cm³/mol. The zero-order valence-electron chi connectivity index (χ0n) is 10.3. The second-order valence-electron chi connectivity index (χ2n) is 5.04. The molecule has 1 aliphatic carbocycles. The summed E-state index contributed by atoms with van der Waals surface area (Å²) in [5.41, 5.74) is 8.18. The standard InChI is InChI=1S/C14H20N2O/c1-11-2-4-12(5-3-11)14(6-7-14)8-9-16-10-13(15)17/h2-5,16H,6-10H2,1H3,(H2,15,17). The Bertz CT molecular complexity index is 393. The molecule has 1 aromatic carbocycles. The molecule has 0 heterocycles. The minimum absolute atomic E-state index is 0.282. The molecule has 0 radical (unpaired) electrons. The van der Waals surface area contributed by atoms with Gasteiger partial charge in [0.25, 0.3) is 0 Å². The number of nitrogens with two attached hydrogens (primary N) is 1. The Morgan fingerprint density at radius 1 is 1.35 bits per heavy atom. The molecule has 1 aromatic rings. The first-order valence-corrected chi connectivity index (χ1v) is 6.19. The lowest BCUT2D eigenvalue weighted by Crippen LogP contribution is -2.30. The van der Waals surface area contributed by atoms with E-state index in [1.807, 2.05) is 0 Å². The molecule has 0 atom stereocenters. The largest absolute Gasteiger partial charge is 0.369 e. The lowest BCUT2D eigenvalue weighted by Gasteiger charge is -2.16. The van der Waals surface area contributed by atoms with E-state index in [0.29, 0.717) is 5.41 Å². The maximum atomic E-state index is 10.6. The van der Waals surface area contributed by atoms with Gasteiger partial charge in [-0.05, 0) is 43.7 Å². The van der Waals surface area contributed by atoms with Crippen molar-refractivity contribution in [3.05, 3.63) is 35.4 Å². The molecule has 3 nitrogen and oxygen atoms in total. The van der Waals surface area contributed by atoms with E-state index >= 15 is 0 Å². The fourth-order valence-corrected chi connectivity index (χ4v) is 2.28. The molecule has 1 fully saturated rings. The zero-order chi connectivity index (χ0) is 12.3. The van der Waals surface area contributed by atoms with Crippen LogP contribution < -0.4 is 11.1 Å². The third kappa shape index (κ3) is 3.07. The highest BCUT2D eigenvalue weighted by molar-refractivity contribution is 5.75. The van der Waals surface area contributed by atoms with Crippen LogP contribution in [0.3, 0.4) is 0 Å². The van der Waals surface area contributed by atoms with Crippen molar-refractivity contribution >= 4 is 5.91 Å². The molecule has 17 heavy (non-hydrogen) atoms. The van der Waals surface area contributed by atoms with Crippen LogP contribution in [-0.4, -0.2) is 19.0 Å². The molecule has 1 aliphatic rings. The van der Waals surface area contributed by atoms with Gasteiger partial charge in [0.1, 0.15) is 0 Å². The molecule has 3 heteroatoms. The third-order valence-electron chi connectivity index (χ3n) is 3.60. The molecule has 1 amide bonds. The van der Waals surface area contributed by atoms with Crippen LogP contribution in [0.1, 0.15) is 30.4 Å². The van der Waals surface area contributed by atoms with Crippen molar-refractivity contribution in [2.45, 2.75) is 31.6 Å². The van der Waals surface area contributed by atoms with Gasteiger partial charge in [-0.2, -0.15) is 0 Å². The summed E-state index contributed by atoms with van der Waals surface area (Å²) < 4.78 is 0. The number of nitrogens with one attached hydrogen (secondary N) is 1. The van der Waals surface area contributed by atoms with Crippen LogP contribution in [0.5, 0.6) is 0 Å². The summed E-state index contributed by atoms with van der Waals surface area (Å²) >= 11 is 0. The summed E-state index contributed by atoms with van der Waals surface area (Å²) in [6, 6.07) is 8.81. The second-order valence-corrected chi connectivity index (χ2v) is 5.04. The number of aryl methyl sites for hydroxylation is 1. The van der Waals surface area contributed by atoms with E-state index in [4.69, 9.17) is 5.73 Å². The zero-order valence-corrected chi connectivity index (χ0v) is 10.3. The van der Waals surface area contributed by atoms with Gasteiger partial charge < -0.3 is 11.1 Å². The highest BCUT2D eigenvalue weighted by atomic mass is 16.1. The van der Waals surface area contributed by atoms with Gasteiger partial charge in [-0.1, -0.05) is 29.8 Å². The van der Waals surface area contributed by atoms with E-state index in [9.17, 15) is 4.79 Å². The molecule has 0 aliphatic heterocycles. The van der Waals surface area contributed by atoms with E-state index in [1.165, 1.54) is 24.0 Å². The monoisotopic (exact) mass is 232 g/mol. The van der Waals surface area contributed by atoms with E-state index in [0.717, 1.165) is 13.0 Å². The van der Waals surface area contributed by atoms with Gasteiger partial charge in [-0.25, -0.2) is 0 Å².